The largest absolute Gasteiger partial charge is 0.341 e. The number of carbonyl (C=O) groups excluding carboxylic acids is 1. The molecule has 20 heavy (non-hydrogen) atoms. The van der Waals surface area contributed by atoms with Gasteiger partial charge in [-0.25, -0.2) is 0 Å². The standard InChI is InChI=1S/C16H31N3O/c1-12(13-6-4-7-14(17)10-13)16(20)19(3)15-8-5-9-18(2)11-15/h12-15H,4-11,17H2,1-3H3. The van der Waals surface area contributed by atoms with Gasteiger partial charge in [-0.15, -0.1) is 0 Å². The average Bonchev–Trinajstić information content (AvgIpc) is 2.45. The number of likely N-dealkylation sites (tertiary alicyclic amines) is 1. The van der Waals surface area contributed by atoms with Crippen molar-refractivity contribution in [1.29, 1.82) is 0 Å². The van der Waals surface area contributed by atoms with Crippen LogP contribution >= 0.6 is 0 Å². The molecule has 0 radical (unpaired) electrons. The van der Waals surface area contributed by atoms with Gasteiger partial charge in [0, 0.05) is 31.6 Å². The molecular formula is C16H31N3O. The second kappa shape index (κ2) is 6.90. The van der Waals surface area contributed by atoms with Gasteiger partial charge in [0.05, 0.1) is 0 Å². The van der Waals surface area contributed by atoms with Crippen LogP contribution in [0.2, 0.25) is 0 Å². The summed E-state index contributed by atoms with van der Waals surface area (Å²) in [5.74, 6) is 0.929. The Balaban J connectivity index is 1.91. The number of piperidine rings is 1. The lowest BCUT2D eigenvalue weighted by atomic mass is 9.78. The van der Waals surface area contributed by atoms with E-state index < -0.39 is 0 Å². The molecule has 1 aliphatic carbocycles. The molecule has 4 nitrogen and oxygen atoms in total. The highest BCUT2D eigenvalue weighted by atomic mass is 16.2. The molecule has 1 amide bonds. The maximum absolute atomic E-state index is 12.7. The molecule has 4 atom stereocenters. The van der Waals surface area contributed by atoms with Crippen LogP contribution in [0.3, 0.4) is 0 Å². The lowest BCUT2D eigenvalue weighted by Gasteiger charge is -2.39. The minimum Gasteiger partial charge on any atom is -0.341 e. The van der Waals surface area contributed by atoms with Crippen LogP contribution in [0.25, 0.3) is 0 Å². The molecule has 4 heteroatoms. The van der Waals surface area contributed by atoms with Gasteiger partial charge in [-0.2, -0.15) is 0 Å². The van der Waals surface area contributed by atoms with E-state index in [-0.39, 0.29) is 5.92 Å². The predicted molar refractivity (Wildman–Crippen MR) is 82.4 cm³/mol. The fourth-order valence-electron chi connectivity index (χ4n) is 3.88. The van der Waals surface area contributed by atoms with Crippen LogP contribution in [0.5, 0.6) is 0 Å². The molecule has 2 rings (SSSR count). The van der Waals surface area contributed by atoms with Crippen LogP contribution in [0, 0.1) is 11.8 Å². The number of likely N-dealkylation sites (N-methyl/N-ethyl adjacent to an activating group) is 2. The normalized spacial score (nSPS) is 33.7. The molecule has 4 unspecified atom stereocenters. The van der Waals surface area contributed by atoms with Crippen LogP contribution in [0.15, 0.2) is 0 Å². The first-order chi connectivity index (χ1) is 9.49. The topological polar surface area (TPSA) is 49.6 Å². The quantitative estimate of drug-likeness (QED) is 0.856. The summed E-state index contributed by atoms with van der Waals surface area (Å²) >= 11 is 0. The van der Waals surface area contributed by atoms with Crippen LogP contribution < -0.4 is 5.73 Å². The van der Waals surface area contributed by atoms with Gasteiger partial charge in [0.15, 0.2) is 0 Å². The van der Waals surface area contributed by atoms with Crippen molar-refractivity contribution in [3.8, 4) is 0 Å². The first-order valence-electron chi connectivity index (χ1n) is 8.19. The number of carbonyl (C=O) groups is 1. The number of nitrogens with zero attached hydrogens (tertiary/aromatic N) is 2. The second-order valence-corrected chi connectivity index (χ2v) is 6.98. The first-order valence-corrected chi connectivity index (χ1v) is 8.19. The molecule has 0 spiro atoms. The maximum Gasteiger partial charge on any atom is 0.225 e. The van der Waals surface area contributed by atoms with Crippen molar-refractivity contribution in [2.75, 3.05) is 27.2 Å². The highest BCUT2D eigenvalue weighted by Crippen LogP contribution is 2.31. The zero-order chi connectivity index (χ0) is 14.7. The lowest BCUT2D eigenvalue weighted by Crippen LogP contribution is -2.49. The van der Waals surface area contributed by atoms with Gasteiger partial charge in [-0.3, -0.25) is 4.79 Å². The molecule has 116 valence electrons. The third-order valence-corrected chi connectivity index (χ3v) is 5.35. The van der Waals surface area contributed by atoms with E-state index in [9.17, 15) is 4.79 Å². The van der Waals surface area contributed by atoms with Crippen LogP contribution in [-0.4, -0.2) is 55.0 Å². The summed E-state index contributed by atoms with van der Waals surface area (Å²) in [7, 11) is 4.14. The molecule has 1 aliphatic heterocycles. The van der Waals surface area contributed by atoms with Gasteiger partial charge < -0.3 is 15.5 Å². The van der Waals surface area contributed by atoms with Crippen molar-refractivity contribution >= 4 is 5.91 Å². The molecule has 1 saturated carbocycles. The zero-order valence-electron chi connectivity index (χ0n) is 13.3. The van der Waals surface area contributed by atoms with E-state index >= 15 is 0 Å². The third-order valence-electron chi connectivity index (χ3n) is 5.35. The van der Waals surface area contributed by atoms with Crippen molar-refractivity contribution in [1.82, 2.24) is 9.80 Å². The van der Waals surface area contributed by atoms with E-state index in [1.165, 1.54) is 19.3 Å². The lowest BCUT2D eigenvalue weighted by molar-refractivity contribution is -0.139. The molecule has 1 saturated heterocycles. The molecule has 0 bridgehead atoms. The Morgan fingerprint density at radius 2 is 2.05 bits per heavy atom. The van der Waals surface area contributed by atoms with Gasteiger partial charge in [-0.1, -0.05) is 13.3 Å². The second-order valence-electron chi connectivity index (χ2n) is 6.98. The Morgan fingerprint density at radius 1 is 1.30 bits per heavy atom. The van der Waals surface area contributed by atoms with E-state index in [1.807, 2.05) is 11.9 Å². The molecule has 0 aromatic heterocycles. The van der Waals surface area contributed by atoms with Gasteiger partial charge in [0.25, 0.3) is 0 Å². The Kier molecular flexibility index (Phi) is 5.44. The number of nitrogens with two attached hydrogens (primary N) is 1. The summed E-state index contributed by atoms with van der Waals surface area (Å²) in [5, 5.41) is 0. The van der Waals surface area contributed by atoms with E-state index in [1.54, 1.807) is 0 Å². The minimum absolute atomic E-state index is 0.124. The summed E-state index contributed by atoms with van der Waals surface area (Å²) in [6.45, 7) is 4.28. The van der Waals surface area contributed by atoms with Gasteiger partial charge >= 0.3 is 0 Å². The van der Waals surface area contributed by atoms with E-state index in [4.69, 9.17) is 5.73 Å². The van der Waals surface area contributed by atoms with Gasteiger partial charge in [0.1, 0.15) is 0 Å². The van der Waals surface area contributed by atoms with E-state index in [0.29, 0.717) is 23.9 Å². The summed E-state index contributed by atoms with van der Waals surface area (Å²) in [6, 6.07) is 0.691. The fraction of sp³-hybridized carbons (Fsp3) is 0.938. The first kappa shape index (κ1) is 15.8. The Labute approximate surface area is 123 Å². The molecule has 2 fully saturated rings. The van der Waals surface area contributed by atoms with E-state index in [0.717, 1.165) is 32.4 Å². The van der Waals surface area contributed by atoms with Crippen LogP contribution in [-0.2, 0) is 4.79 Å². The summed E-state index contributed by atoms with van der Waals surface area (Å²) in [5.41, 5.74) is 6.07. The maximum atomic E-state index is 12.7. The molecule has 0 aromatic carbocycles. The molecule has 1 heterocycles. The van der Waals surface area contributed by atoms with Crippen LogP contribution in [0.4, 0.5) is 0 Å². The molecule has 2 N–H and O–H groups in total. The van der Waals surface area contributed by atoms with Crippen molar-refractivity contribution in [3.63, 3.8) is 0 Å². The Morgan fingerprint density at radius 3 is 2.70 bits per heavy atom. The number of hydrogen-bond donors (Lipinski definition) is 1. The van der Waals surface area contributed by atoms with Crippen molar-refractivity contribution in [2.24, 2.45) is 17.6 Å². The fourth-order valence-corrected chi connectivity index (χ4v) is 3.88. The third kappa shape index (κ3) is 3.73. The molecule has 2 aliphatic rings. The van der Waals surface area contributed by atoms with Crippen molar-refractivity contribution < 1.29 is 4.79 Å². The number of hydrogen-bond acceptors (Lipinski definition) is 3. The summed E-state index contributed by atoms with van der Waals surface area (Å²) in [6.07, 6.45) is 6.83. The highest BCUT2D eigenvalue weighted by Gasteiger charge is 2.33. The van der Waals surface area contributed by atoms with Crippen LogP contribution in [0.1, 0.15) is 45.4 Å². The van der Waals surface area contributed by atoms with Crippen molar-refractivity contribution in [3.05, 3.63) is 0 Å². The zero-order valence-corrected chi connectivity index (χ0v) is 13.3. The number of rotatable bonds is 3. The highest BCUT2D eigenvalue weighted by molar-refractivity contribution is 5.79. The monoisotopic (exact) mass is 281 g/mol. The van der Waals surface area contributed by atoms with Gasteiger partial charge in [0.2, 0.25) is 5.91 Å². The summed E-state index contributed by atoms with van der Waals surface area (Å²) in [4.78, 5) is 17.1. The predicted octanol–water partition coefficient (Wildman–Crippen LogP) is 1.69. The van der Waals surface area contributed by atoms with E-state index in [2.05, 4.69) is 18.9 Å². The molecular weight excluding hydrogens is 250 g/mol. The SMILES string of the molecule is CC(C(=O)N(C)C1CCCN(C)C1)C1CCCC(N)C1. The van der Waals surface area contributed by atoms with Crippen molar-refractivity contribution in [2.45, 2.75) is 57.5 Å². The Hall–Kier alpha value is -0.610. The Bertz CT molecular complexity index is 304. The minimum atomic E-state index is 0.124. The number of amides is 1. The molecule has 0 aromatic rings. The summed E-state index contributed by atoms with van der Waals surface area (Å²) < 4.78 is 0. The average molecular weight is 281 g/mol. The smallest absolute Gasteiger partial charge is 0.225 e. The van der Waals surface area contributed by atoms with Gasteiger partial charge in [-0.05, 0) is 51.6 Å².